The molecule has 0 aromatic carbocycles. The summed E-state index contributed by atoms with van der Waals surface area (Å²) < 4.78 is 5.33. The van der Waals surface area contributed by atoms with Gasteiger partial charge in [0.15, 0.2) is 0 Å². The monoisotopic (exact) mass is 348 g/mol. The molecule has 1 amide bonds. The molecule has 24 heavy (non-hydrogen) atoms. The lowest BCUT2D eigenvalue weighted by atomic mass is 9.96. The average molecular weight is 349 g/mol. The smallest absolute Gasteiger partial charge is 0.225 e. The number of nitrogens with one attached hydrogen (secondary N) is 1. The molecule has 2 aliphatic rings. The Labute approximate surface area is 146 Å². The lowest BCUT2D eigenvalue weighted by molar-refractivity contribution is -0.126. The number of ether oxygens (including phenoxy) is 1. The van der Waals surface area contributed by atoms with Crippen molar-refractivity contribution in [3.05, 3.63) is 22.8 Å². The highest BCUT2D eigenvalue weighted by Crippen LogP contribution is 2.28. The van der Waals surface area contributed by atoms with Gasteiger partial charge in [0.05, 0.1) is 16.5 Å². The van der Waals surface area contributed by atoms with Gasteiger partial charge < -0.3 is 15.0 Å². The third kappa shape index (κ3) is 3.97. The number of rotatable bonds is 3. The molecule has 0 spiro atoms. The van der Waals surface area contributed by atoms with Gasteiger partial charge in [-0.3, -0.25) is 4.79 Å². The molecular weight excluding hydrogens is 328 g/mol. The number of anilines is 1. The van der Waals surface area contributed by atoms with E-state index < -0.39 is 0 Å². The molecule has 2 aliphatic heterocycles. The minimum Gasteiger partial charge on any atom is -0.381 e. The number of amides is 1. The molecule has 1 aromatic rings. The van der Waals surface area contributed by atoms with Crippen molar-refractivity contribution in [1.29, 1.82) is 5.26 Å². The van der Waals surface area contributed by atoms with Crippen molar-refractivity contribution in [2.75, 3.05) is 31.2 Å². The van der Waals surface area contributed by atoms with Gasteiger partial charge in [0, 0.05) is 38.5 Å². The van der Waals surface area contributed by atoms with Gasteiger partial charge in [-0.25, -0.2) is 4.98 Å². The molecule has 2 saturated heterocycles. The molecule has 1 aromatic heterocycles. The molecule has 0 bridgehead atoms. The molecule has 1 atom stereocenters. The minimum absolute atomic E-state index is 0.0601. The van der Waals surface area contributed by atoms with Crippen molar-refractivity contribution in [2.45, 2.75) is 31.7 Å². The maximum absolute atomic E-state index is 12.6. The van der Waals surface area contributed by atoms with E-state index >= 15 is 0 Å². The van der Waals surface area contributed by atoms with Crippen molar-refractivity contribution in [3.8, 4) is 6.07 Å². The summed E-state index contributed by atoms with van der Waals surface area (Å²) in [7, 11) is 0. The van der Waals surface area contributed by atoms with Gasteiger partial charge in [0.25, 0.3) is 0 Å². The van der Waals surface area contributed by atoms with Crippen LogP contribution in [-0.2, 0) is 9.53 Å². The number of halogens is 1. The van der Waals surface area contributed by atoms with Crippen molar-refractivity contribution >= 4 is 23.3 Å². The van der Waals surface area contributed by atoms with Gasteiger partial charge in [-0.2, -0.15) is 5.26 Å². The van der Waals surface area contributed by atoms with Crippen LogP contribution in [0.25, 0.3) is 0 Å². The maximum Gasteiger partial charge on any atom is 0.225 e. The Bertz CT molecular complexity index is 640. The Hall–Kier alpha value is -1.84. The van der Waals surface area contributed by atoms with E-state index in [1.165, 1.54) is 6.20 Å². The molecule has 0 saturated carbocycles. The third-order valence-electron chi connectivity index (χ3n) is 4.61. The number of hydrogen-bond acceptors (Lipinski definition) is 5. The average Bonchev–Trinajstić information content (AvgIpc) is 2.62. The quantitative estimate of drug-likeness (QED) is 0.905. The normalized spacial score (nSPS) is 22.0. The van der Waals surface area contributed by atoms with E-state index in [2.05, 4.69) is 10.3 Å². The topological polar surface area (TPSA) is 78.2 Å². The SMILES string of the molecule is N#Cc1cnc(N2CCCC(C(=O)NC3CCOCC3)C2)c(Cl)c1. The molecule has 2 fully saturated rings. The van der Waals surface area contributed by atoms with Crippen molar-refractivity contribution < 1.29 is 9.53 Å². The lowest BCUT2D eigenvalue weighted by Crippen LogP contribution is -2.47. The first-order chi connectivity index (χ1) is 11.7. The van der Waals surface area contributed by atoms with Gasteiger partial charge >= 0.3 is 0 Å². The van der Waals surface area contributed by atoms with Crippen LogP contribution in [0.15, 0.2) is 12.3 Å². The summed E-state index contributed by atoms with van der Waals surface area (Å²) >= 11 is 6.25. The first kappa shape index (κ1) is 17.0. The maximum atomic E-state index is 12.6. The predicted molar refractivity (Wildman–Crippen MR) is 90.9 cm³/mol. The molecular formula is C17H21ClN4O2. The zero-order valence-corrected chi connectivity index (χ0v) is 14.3. The Balaban J connectivity index is 1.63. The van der Waals surface area contributed by atoms with Crippen LogP contribution in [0.4, 0.5) is 5.82 Å². The number of carbonyl (C=O) groups is 1. The van der Waals surface area contributed by atoms with Gasteiger partial charge in [-0.1, -0.05) is 11.6 Å². The minimum atomic E-state index is -0.0601. The highest BCUT2D eigenvalue weighted by Gasteiger charge is 2.29. The Morgan fingerprint density at radius 3 is 2.92 bits per heavy atom. The highest BCUT2D eigenvalue weighted by molar-refractivity contribution is 6.33. The molecule has 1 N–H and O–H groups in total. The van der Waals surface area contributed by atoms with E-state index in [4.69, 9.17) is 21.6 Å². The first-order valence-corrected chi connectivity index (χ1v) is 8.74. The number of nitrogens with zero attached hydrogens (tertiary/aromatic N) is 3. The number of piperidine rings is 1. The third-order valence-corrected chi connectivity index (χ3v) is 4.89. The van der Waals surface area contributed by atoms with E-state index in [9.17, 15) is 4.79 Å². The summed E-state index contributed by atoms with van der Waals surface area (Å²) in [6.07, 6.45) is 5.08. The number of aromatic nitrogens is 1. The molecule has 0 aliphatic carbocycles. The second-order valence-corrected chi connectivity index (χ2v) is 6.73. The second kappa shape index (κ2) is 7.82. The summed E-state index contributed by atoms with van der Waals surface area (Å²) in [5.74, 6) is 0.700. The van der Waals surface area contributed by atoms with E-state index in [1.807, 2.05) is 11.0 Å². The summed E-state index contributed by atoms with van der Waals surface area (Å²) in [4.78, 5) is 18.9. The number of nitriles is 1. The fourth-order valence-electron chi connectivity index (χ4n) is 3.27. The number of hydrogen-bond donors (Lipinski definition) is 1. The zero-order valence-electron chi connectivity index (χ0n) is 13.5. The fourth-order valence-corrected chi connectivity index (χ4v) is 3.55. The van der Waals surface area contributed by atoms with Crippen molar-refractivity contribution in [3.63, 3.8) is 0 Å². The summed E-state index contributed by atoms with van der Waals surface area (Å²) in [6.45, 7) is 2.85. The Morgan fingerprint density at radius 2 is 2.21 bits per heavy atom. The van der Waals surface area contributed by atoms with Gasteiger partial charge in [0.1, 0.15) is 11.9 Å². The molecule has 0 radical (unpaired) electrons. The van der Waals surface area contributed by atoms with Crippen LogP contribution in [-0.4, -0.2) is 43.2 Å². The molecule has 7 heteroatoms. The van der Waals surface area contributed by atoms with Crippen LogP contribution in [0.2, 0.25) is 5.02 Å². The highest BCUT2D eigenvalue weighted by atomic mass is 35.5. The summed E-state index contributed by atoms with van der Waals surface area (Å²) in [6, 6.07) is 3.87. The fraction of sp³-hybridized carbons (Fsp3) is 0.588. The van der Waals surface area contributed by atoms with Crippen LogP contribution >= 0.6 is 11.6 Å². The molecule has 3 rings (SSSR count). The van der Waals surface area contributed by atoms with Crippen LogP contribution in [0.3, 0.4) is 0 Å². The van der Waals surface area contributed by atoms with Crippen molar-refractivity contribution in [2.24, 2.45) is 5.92 Å². The van der Waals surface area contributed by atoms with E-state index in [0.717, 1.165) is 32.2 Å². The van der Waals surface area contributed by atoms with Gasteiger partial charge in [0.2, 0.25) is 5.91 Å². The van der Waals surface area contributed by atoms with Crippen molar-refractivity contribution in [1.82, 2.24) is 10.3 Å². The molecule has 1 unspecified atom stereocenters. The molecule has 128 valence electrons. The Morgan fingerprint density at radius 1 is 1.42 bits per heavy atom. The number of pyridine rings is 1. The van der Waals surface area contributed by atoms with Crippen LogP contribution in [0, 0.1) is 17.2 Å². The van der Waals surface area contributed by atoms with E-state index in [-0.39, 0.29) is 17.9 Å². The predicted octanol–water partition coefficient (Wildman–Crippen LogP) is 2.12. The summed E-state index contributed by atoms with van der Waals surface area (Å²) in [5, 5.41) is 12.5. The zero-order chi connectivity index (χ0) is 16.9. The number of carbonyl (C=O) groups excluding carboxylic acids is 1. The molecule has 3 heterocycles. The van der Waals surface area contributed by atoms with Crippen LogP contribution < -0.4 is 10.2 Å². The van der Waals surface area contributed by atoms with E-state index in [0.29, 0.717) is 36.2 Å². The van der Waals surface area contributed by atoms with Gasteiger partial charge in [-0.15, -0.1) is 0 Å². The van der Waals surface area contributed by atoms with Gasteiger partial charge in [-0.05, 0) is 31.7 Å². The second-order valence-electron chi connectivity index (χ2n) is 6.32. The first-order valence-electron chi connectivity index (χ1n) is 8.36. The van der Waals surface area contributed by atoms with E-state index in [1.54, 1.807) is 6.07 Å². The molecule has 6 nitrogen and oxygen atoms in total. The van der Waals surface area contributed by atoms with Crippen LogP contribution in [0.1, 0.15) is 31.2 Å². The lowest BCUT2D eigenvalue weighted by Gasteiger charge is -2.34. The Kier molecular flexibility index (Phi) is 5.54. The largest absolute Gasteiger partial charge is 0.381 e. The standard InChI is InChI=1S/C17H21ClN4O2/c18-15-8-12(9-19)10-20-16(15)22-5-1-2-13(11-22)17(23)21-14-3-6-24-7-4-14/h8,10,13-14H,1-7,11H2,(H,21,23). The van der Waals surface area contributed by atoms with Crippen LogP contribution in [0.5, 0.6) is 0 Å². The summed E-state index contributed by atoms with van der Waals surface area (Å²) in [5.41, 5.74) is 0.439.